The fourth-order valence-electron chi connectivity index (χ4n) is 2.54. The normalized spacial score (nSPS) is 11.1. The van der Waals surface area contributed by atoms with Gasteiger partial charge < -0.3 is 14.6 Å². The Labute approximate surface area is 147 Å². The molecule has 0 spiro atoms. The number of methoxy groups -OCH3 is 1. The van der Waals surface area contributed by atoms with Crippen molar-refractivity contribution < 1.29 is 14.6 Å². The summed E-state index contributed by atoms with van der Waals surface area (Å²) in [6, 6.07) is 15.1. The van der Waals surface area contributed by atoms with Crippen molar-refractivity contribution in [3.8, 4) is 17.2 Å². The van der Waals surface area contributed by atoms with Gasteiger partial charge in [0.1, 0.15) is 11.3 Å². The van der Waals surface area contributed by atoms with Crippen molar-refractivity contribution in [2.45, 2.75) is 13.3 Å². The minimum absolute atomic E-state index is 0.187. The number of benzene rings is 2. The van der Waals surface area contributed by atoms with Crippen molar-refractivity contribution in [3.05, 3.63) is 59.8 Å². The summed E-state index contributed by atoms with van der Waals surface area (Å²) in [6.45, 7) is 2.71. The lowest BCUT2D eigenvalue weighted by atomic mass is 10.1. The van der Waals surface area contributed by atoms with Gasteiger partial charge in [-0.1, -0.05) is 37.3 Å². The third kappa shape index (κ3) is 3.91. The molecular weight excluding hydrogens is 314 g/mol. The SMILES string of the molecule is CCCOc1cc(/C=C/c2ccc3cccc(O)c3n2)ccc1OC. The first-order valence-electron chi connectivity index (χ1n) is 8.29. The van der Waals surface area contributed by atoms with Gasteiger partial charge in [0.15, 0.2) is 11.5 Å². The summed E-state index contributed by atoms with van der Waals surface area (Å²) >= 11 is 0. The fourth-order valence-corrected chi connectivity index (χ4v) is 2.54. The van der Waals surface area contributed by atoms with E-state index < -0.39 is 0 Å². The van der Waals surface area contributed by atoms with E-state index in [2.05, 4.69) is 11.9 Å². The van der Waals surface area contributed by atoms with E-state index in [1.54, 1.807) is 13.2 Å². The zero-order valence-corrected chi connectivity index (χ0v) is 14.4. The molecule has 0 bridgehead atoms. The van der Waals surface area contributed by atoms with Crippen LogP contribution < -0.4 is 9.47 Å². The maximum Gasteiger partial charge on any atom is 0.161 e. The minimum Gasteiger partial charge on any atom is -0.506 e. The van der Waals surface area contributed by atoms with Gasteiger partial charge in [-0.05, 0) is 42.3 Å². The third-order valence-electron chi connectivity index (χ3n) is 3.82. The van der Waals surface area contributed by atoms with Crippen molar-refractivity contribution in [1.29, 1.82) is 0 Å². The number of ether oxygens (including phenoxy) is 2. The number of hydrogen-bond donors (Lipinski definition) is 1. The first kappa shape index (κ1) is 16.8. The van der Waals surface area contributed by atoms with Crippen molar-refractivity contribution in [2.75, 3.05) is 13.7 Å². The lowest BCUT2D eigenvalue weighted by Gasteiger charge is -2.10. The lowest BCUT2D eigenvalue weighted by Crippen LogP contribution is -1.97. The van der Waals surface area contributed by atoms with Crippen LogP contribution in [0.3, 0.4) is 0 Å². The Hall–Kier alpha value is -3.01. The van der Waals surface area contributed by atoms with Crippen LogP contribution in [0.4, 0.5) is 0 Å². The number of fused-ring (bicyclic) bond motifs is 1. The fraction of sp³-hybridized carbons (Fsp3) is 0.190. The standard InChI is InChI=1S/C21H21NO3/c1-3-13-25-20-14-15(8-12-19(20)24-2)7-10-17-11-9-16-5-4-6-18(23)21(16)22-17/h4-12,14,23H,3,13H2,1-2H3/b10-7+. The molecule has 3 aromatic rings. The molecule has 25 heavy (non-hydrogen) atoms. The van der Waals surface area contributed by atoms with E-state index in [9.17, 15) is 5.11 Å². The number of phenolic OH excluding ortho intramolecular Hbond substituents is 1. The monoisotopic (exact) mass is 335 g/mol. The van der Waals surface area contributed by atoms with Crippen LogP contribution >= 0.6 is 0 Å². The molecule has 0 amide bonds. The third-order valence-corrected chi connectivity index (χ3v) is 3.82. The van der Waals surface area contributed by atoms with Crippen molar-refractivity contribution in [2.24, 2.45) is 0 Å². The molecule has 0 fully saturated rings. The van der Waals surface area contributed by atoms with E-state index in [-0.39, 0.29) is 5.75 Å². The highest BCUT2D eigenvalue weighted by Crippen LogP contribution is 2.29. The van der Waals surface area contributed by atoms with Crippen LogP contribution in [0, 0.1) is 0 Å². The molecule has 0 aliphatic rings. The minimum atomic E-state index is 0.187. The van der Waals surface area contributed by atoms with Crippen LogP contribution in [0.2, 0.25) is 0 Å². The summed E-state index contributed by atoms with van der Waals surface area (Å²) in [4.78, 5) is 4.50. The first-order valence-corrected chi connectivity index (χ1v) is 8.29. The molecule has 0 saturated carbocycles. The predicted octanol–water partition coefficient (Wildman–Crippen LogP) is 4.91. The number of hydrogen-bond acceptors (Lipinski definition) is 4. The Morgan fingerprint density at radius 3 is 2.72 bits per heavy atom. The summed E-state index contributed by atoms with van der Waals surface area (Å²) in [6.07, 6.45) is 4.82. The second-order valence-electron chi connectivity index (χ2n) is 5.68. The van der Waals surface area contributed by atoms with Gasteiger partial charge in [-0.25, -0.2) is 4.98 Å². The highest BCUT2D eigenvalue weighted by Gasteiger charge is 2.05. The largest absolute Gasteiger partial charge is 0.506 e. The molecule has 3 rings (SSSR count). The highest BCUT2D eigenvalue weighted by molar-refractivity contribution is 5.85. The molecule has 0 radical (unpaired) electrons. The quantitative estimate of drug-likeness (QED) is 0.695. The predicted molar refractivity (Wildman–Crippen MR) is 101 cm³/mol. The Morgan fingerprint density at radius 1 is 1.04 bits per heavy atom. The van der Waals surface area contributed by atoms with Gasteiger partial charge in [-0.2, -0.15) is 0 Å². The van der Waals surface area contributed by atoms with E-state index in [1.807, 2.05) is 54.6 Å². The molecule has 0 aliphatic heterocycles. The summed E-state index contributed by atoms with van der Waals surface area (Å²) in [7, 11) is 1.63. The van der Waals surface area contributed by atoms with Crippen LogP contribution in [-0.2, 0) is 0 Å². The molecule has 1 heterocycles. The van der Waals surface area contributed by atoms with Gasteiger partial charge in [-0.15, -0.1) is 0 Å². The number of pyridine rings is 1. The number of aromatic hydroxyl groups is 1. The summed E-state index contributed by atoms with van der Waals surface area (Å²) in [5.74, 6) is 1.64. The second kappa shape index (κ2) is 7.71. The van der Waals surface area contributed by atoms with Crippen LogP contribution in [0.5, 0.6) is 17.2 Å². The van der Waals surface area contributed by atoms with Crippen LogP contribution in [-0.4, -0.2) is 23.8 Å². The highest BCUT2D eigenvalue weighted by atomic mass is 16.5. The Kier molecular flexibility index (Phi) is 5.19. The molecule has 0 aliphatic carbocycles. The summed E-state index contributed by atoms with van der Waals surface area (Å²) in [5, 5.41) is 10.9. The second-order valence-corrected chi connectivity index (χ2v) is 5.68. The molecular formula is C21H21NO3. The Bertz CT molecular complexity index is 903. The van der Waals surface area contributed by atoms with Gasteiger partial charge in [-0.3, -0.25) is 0 Å². The molecule has 0 atom stereocenters. The molecule has 1 aromatic heterocycles. The maximum atomic E-state index is 9.94. The van der Waals surface area contributed by atoms with Crippen LogP contribution in [0.1, 0.15) is 24.6 Å². The maximum absolute atomic E-state index is 9.94. The molecule has 0 saturated heterocycles. The molecule has 2 aromatic carbocycles. The average molecular weight is 335 g/mol. The number of para-hydroxylation sites is 1. The summed E-state index contributed by atoms with van der Waals surface area (Å²) in [5.41, 5.74) is 2.37. The smallest absolute Gasteiger partial charge is 0.161 e. The van der Waals surface area contributed by atoms with E-state index in [1.165, 1.54) is 0 Å². The first-order chi connectivity index (χ1) is 12.2. The molecule has 0 unspecified atom stereocenters. The Balaban J connectivity index is 1.87. The van der Waals surface area contributed by atoms with E-state index in [4.69, 9.17) is 9.47 Å². The van der Waals surface area contributed by atoms with E-state index in [0.717, 1.165) is 34.6 Å². The molecule has 1 N–H and O–H groups in total. The zero-order valence-electron chi connectivity index (χ0n) is 14.4. The topological polar surface area (TPSA) is 51.6 Å². The van der Waals surface area contributed by atoms with E-state index in [0.29, 0.717) is 12.1 Å². The number of rotatable bonds is 6. The summed E-state index contributed by atoms with van der Waals surface area (Å²) < 4.78 is 11.1. The van der Waals surface area contributed by atoms with Gasteiger partial charge >= 0.3 is 0 Å². The van der Waals surface area contributed by atoms with Crippen molar-refractivity contribution in [3.63, 3.8) is 0 Å². The van der Waals surface area contributed by atoms with Crippen molar-refractivity contribution in [1.82, 2.24) is 4.98 Å². The number of aromatic nitrogens is 1. The number of nitrogens with zero attached hydrogens (tertiary/aromatic N) is 1. The van der Waals surface area contributed by atoms with E-state index >= 15 is 0 Å². The molecule has 128 valence electrons. The van der Waals surface area contributed by atoms with Gasteiger partial charge in [0.05, 0.1) is 19.4 Å². The average Bonchev–Trinajstić information content (AvgIpc) is 2.65. The van der Waals surface area contributed by atoms with Gasteiger partial charge in [0.25, 0.3) is 0 Å². The number of phenols is 1. The van der Waals surface area contributed by atoms with Gasteiger partial charge in [0.2, 0.25) is 0 Å². The molecule has 4 heteroatoms. The zero-order chi connectivity index (χ0) is 17.6. The van der Waals surface area contributed by atoms with Crippen LogP contribution in [0.15, 0.2) is 48.5 Å². The Morgan fingerprint density at radius 2 is 1.92 bits per heavy atom. The lowest BCUT2D eigenvalue weighted by molar-refractivity contribution is 0.294. The van der Waals surface area contributed by atoms with Crippen LogP contribution in [0.25, 0.3) is 23.1 Å². The van der Waals surface area contributed by atoms with Gasteiger partial charge in [0, 0.05) is 5.39 Å². The molecule has 4 nitrogen and oxygen atoms in total. The van der Waals surface area contributed by atoms with Crippen molar-refractivity contribution >= 4 is 23.1 Å².